The summed E-state index contributed by atoms with van der Waals surface area (Å²) in [6, 6.07) is 2.31. The molecule has 0 unspecified atom stereocenters. The highest BCUT2D eigenvalue weighted by Gasteiger charge is 2.01. The predicted octanol–water partition coefficient (Wildman–Crippen LogP) is 3.12. The Kier molecular flexibility index (Phi) is 6.27. The van der Waals surface area contributed by atoms with E-state index in [9.17, 15) is 0 Å². The Hall–Kier alpha value is -0.510. The summed E-state index contributed by atoms with van der Waals surface area (Å²) in [5.41, 5.74) is 0. The SMILES string of the molecule is CCCCC[C@H](C#N)CC. The van der Waals surface area contributed by atoms with Crippen molar-refractivity contribution in [3.05, 3.63) is 0 Å². The van der Waals surface area contributed by atoms with E-state index in [0.29, 0.717) is 5.92 Å². The third-order valence-corrected chi connectivity index (χ3v) is 1.83. The van der Waals surface area contributed by atoms with Crippen LogP contribution in [-0.2, 0) is 0 Å². The molecule has 0 saturated heterocycles. The first kappa shape index (κ1) is 9.49. The van der Waals surface area contributed by atoms with Crippen molar-refractivity contribution in [2.45, 2.75) is 46.0 Å². The lowest BCUT2D eigenvalue weighted by Gasteiger charge is -2.02. The number of unbranched alkanes of at least 4 members (excludes halogenated alkanes) is 2. The second kappa shape index (κ2) is 6.61. The van der Waals surface area contributed by atoms with Crippen molar-refractivity contribution in [1.82, 2.24) is 0 Å². The largest absolute Gasteiger partial charge is 0.198 e. The Morgan fingerprint density at radius 3 is 2.40 bits per heavy atom. The van der Waals surface area contributed by atoms with Gasteiger partial charge in [-0.05, 0) is 12.8 Å². The summed E-state index contributed by atoms with van der Waals surface area (Å²) >= 11 is 0. The first-order valence-electron chi connectivity index (χ1n) is 4.24. The molecule has 10 heavy (non-hydrogen) atoms. The number of hydrogen-bond acceptors (Lipinski definition) is 1. The van der Waals surface area contributed by atoms with Crippen LogP contribution in [0.5, 0.6) is 0 Å². The summed E-state index contributed by atoms with van der Waals surface area (Å²) in [6.07, 6.45) is 5.86. The fourth-order valence-electron chi connectivity index (χ4n) is 1.00. The van der Waals surface area contributed by atoms with Gasteiger partial charge in [0.2, 0.25) is 0 Å². The Morgan fingerprint density at radius 2 is 2.00 bits per heavy atom. The minimum atomic E-state index is 0.312. The molecule has 0 aromatic rings. The maximum absolute atomic E-state index is 8.58. The van der Waals surface area contributed by atoms with Gasteiger partial charge in [0.15, 0.2) is 0 Å². The van der Waals surface area contributed by atoms with E-state index in [-0.39, 0.29) is 0 Å². The van der Waals surface area contributed by atoms with Crippen LogP contribution >= 0.6 is 0 Å². The lowest BCUT2D eigenvalue weighted by atomic mass is 10.0. The van der Waals surface area contributed by atoms with Gasteiger partial charge in [-0.3, -0.25) is 0 Å². The van der Waals surface area contributed by atoms with Crippen LogP contribution in [0.4, 0.5) is 0 Å². The van der Waals surface area contributed by atoms with Gasteiger partial charge >= 0.3 is 0 Å². The van der Waals surface area contributed by atoms with Crippen LogP contribution in [-0.4, -0.2) is 0 Å². The molecule has 0 saturated carbocycles. The molecular formula is C9H17N. The Bertz CT molecular complexity index is 102. The van der Waals surface area contributed by atoms with E-state index in [2.05, 4.69) is 19.9 Å². The zero-order valence-electron chi connectivity index (χ0n) is 7.06. The van der Waals surface area contributed by atoms with Crippen LogP contribution in [0.25, 0.3) is 0 Å². The zero-order chi connectivity index (χ0) is 7.82. The van der Waals surface area contributed by atoms with Crippen LogP contribution in [0.2, 0.25) is 0 Å². The van der Waals surface area contributed by atoms with Gasteiger partial charge in [0.25, 0.3) is 0 Å². The van der Waals surface area contributed by atoms with Crippen LogP contribution in [0.3, 0.4) is 0 Å². The van der Waals surface area contributed by atoms with E-state index in [1.54, 1.807) is 0 Å². The van der Waals surface area contributed by atoms with Crippen LogP contribution in [0, 0.1) is 17.2 Å². The molecule has 0 aliphatic rings. The third kappa shape index (κ3) is 4.38. The highest BCUT2D eigenvalue weighted by Crippen LogP contribution is 2.11. The summed E-state index contributed by atoms with van der Waals surface area (Å²) < 4.78 is 0. The van der Waals surface area contributed by atoms with Gasteiger partial charge in [-0.2, -0.15) is 5.26 Å². The fourth-order valence-corrected chi connectivity index (χ4v) is 1.00. The molecule has 0 aromatic carbocycles. The molecule has 1 atom stereocenters. The van der Waals surface area contributed by atoms with Crippen LogP contribution < -0.4 is 0 Å². The Labute approximate surface area is 64.1 Å². The van der Waals surface area contributed by atoms with Crippen LogP contribution in [0.15, 0.2) is 0 Å². The van der Waals surface area contributed by atoms with E-state index >= 15 is 0 Å². The molecule has 0 fully saturated rings. The Balaban J connectivity index is 3.20. The summed E-state index contributed by atoms with van der Waals surface area (Å²) in [5, 5.41) is 8.58. The molecule has 0 aromatic heterocycles. The zero-order valence-corrected chi connectivity index (χ0v) is 7.06. The van der Waals surface area contributed by atoms with Gasteiger partial charge in [0.1, 0.15) is 0 Å². The molecule has 0 heterocycles. The lowest BCUT2D eigenvalue weighted by Crippen LogP contribution is -1.93. The summed E-state index contributed by atoms with van der Waals surface area (Å²) in [4.78, 5) is 0. The topological polar surface area (TPSA) is 23.8 Å². The number of nitriles is 1. The summed E-state index contributed by atoms with van der Waals surface area (Å²) in [6.45, 7) is 4.27. The number of nitrogens with zero attached hydrogens (tertiary/aromatic N) is 1. The maximum Gasteiger partial charge on any atom is 0.0655 e. The standard InChI is InChI=1S/C9H17N/c1-3-5-6-7-9(4-2)8-10/h9H,3-7H2,1-2H3/t9-/m1/s1. The molecule has 0 bridgehead atoms. The summed E-state index contributed by atoms with van der Waals surface area (Å²) in [7, 11) is 0. The maximum atomic E-state index is 8.58. The van der Waals surface area contributed by atoms with E-state index in [1.807, 2.05) is 0 Å². The molecule has 1 nitrogen and oxygen atoms in total. The van der Waals surface area contributed by atoms with Crippen molar-refractivity contribution >= 4 is 0 Å². The molecular weight excluding hydrogens is 122 g/mol. The fraction of sp³-hybridized carbons (Fsp3) is 0.889. The minimum absolute atomic E-state index is 0.312. The second-order valence-corrected chi connectivity index (χ2v) is 2.73. The van der Waals surface area contributed by atoms with Crippen molar-refractivity contribution in [3.8, 4) is 6.07 Å². The molecule has 0 aliphatic heterocycles. The van der Waals surface area contributed by atoms with Gasteiger partial charge in [-0.15, -0.1) is 0 Å². The average Bonchev–Trinajstić information content (AvgIpc) is 1.99. The predicted molar refractivity (Wildman–Crippen MR) is 43.5 cm³/mol. The molecule has 0 radical (unpaired) electrons. The second-order valence-electron chi connectivity index (χ2n) is 2.73. The quantitative estimate of drug-likeness (QED) is 0.537. The molecule has 0 aliphatic carbocycles. The molecule has 58 valence electrons. The van der Waals surface area contributed by atoms with Gasteiger partial charge < -0.3 is 0 Å². The number of hydrogen-bond donors (Lipinski definition) is 0. The molecule has 0 amide bonds. The smallest absolute Gasteiger partial charge is 0.0655 e. The molecule has 0 spiro atoms. The van der Waals surface area contributed by atoms with E-state index < -0.39 is 0 Å². The highest BCUT2D eigenvalue weighted by atomic mass is 14.3. The van der Waals surface area contributed by atoms with Crippen molar-refractivity contribution in [2.75, 3.05) is 0 Å². The van der Waals surface area contributed by atoms with Crippen molar-refractivity contribution < 1.29 is 0 Å². The van der Waals surface area contributed by atoms with Gasteiger partial charge in [-0.25, -0.2) is 0 Å². The van der Waals surface area contributed by atoms with Gasteiger partial charge in [0.05, 0.1) is 6.07 Å². The van der Waals surface area contributed by atoms with Crippen molar-refractivity contribution in [3.63, 3.8) is 0 Å². The summed E-state index contributed by atoms with van der Waals surface area (Å²) in [5.74, 6) is 0.312. The normalized spacial score (nSPS) is 12.5. The van der Waals surface area contributed by atoms with E-state index in [0.717, 1.165) is 12.8 Å². The lowest BCUT2D eigenvalue weighted by molar-refractivity contribution is 0.536. The first-order chi connectivity index (χ1) is 4.85. The van der Waals surface area contributed by atoms with Crippen LogP contribution in [0.1, 0.15) is 46.0 Å². The molecule has 1 heteroatoms. The third-order valence-electron chi connectivity index (χ3n) is 1.83. The monoisotopic (exact) mass is 139 g/mol. The minimum Gasteiger partial charge on any atom is -0.198 e. The number of rotatable bonds is 5. The molecule has 0 rings (SSSR count). The first-order valence-corrected chi connectivity index (χ1v) is 4.24. The van der Waals surface area contributed by atoms with Gasteiger partial charge in [-0.1, -0.05) is 33.1 Å². The van der Waals surface area contributed by atoms with E-state index in [4.69, 9.17) is 5.26 Å². The van der Waals surface area contributed by atoms with Gasteiger partial charge in [0, 0.05) is 5.92 Å². The highest BCUT2D eigenvalue weighted by molar-refractivity contribution is 4.80. The average molecular weight is 139 g/mol. The van der Waals surface area contributed by atoms with Crippen molar-refractivity contribution in [2.24, 2.45) is 5.92 Å². The van der Waals surface area contributed by atoms with E-state index in [1.165, 1.54) is 19.3 Å². The molecule has 0 N–H and O–H groups in total. The Morgan fingerprint density at radius 1 is 1.30 bits per heavy atom. The van der Waals surface area contributed by atoms with Crippen molar-refractivity contribution in [1.29, 1.82) is 5.26 Å².